The van der Waals surface area contributed by atoms with E-state index in [1.807, 2.05) is 11.7 Å². The van der Waals surface area contributed by atoms with Crippen LogP contribution in [0.3, 0.4) is 0 Å². The van der Waals surface area contributed by atoms with Gasteiger partial charge >= 0.3 is 0 Å². The average Bonchev–Trinajstić information content (AvgIpc) is 1.41. The quantitative estimate of drug-likeness (QED) is 0.427. The van der Waals surface area contributed by atoms with Gasteiger partial charge < -0.3 is 0 Å². The highest BCUT2D eigenvalue weighted by Crippen LogP contribution is 1.88. The summed E-state index contributed by atoms with van der Waals surface area (Å²) < 4.78 is 0. The van der Waals surface area contributed by atoms with E-state index < -0.39 is 0 Å². The first-order valence-corrected chi connectivity index (χ1v) is 2.60. The minimum atomic E-state index is 1.52. The summed E-state index contributed by atoms with van der Waals surface area (Å²) in [7, 11) is 4.94. The monoisotopic (exact) mass is 84.0 g/mol. The van der Waals surface area contributed by atoms with Crippen LogP contribution < -0.4 is 0 Å². The Kier molecular flexibility index (Phi) is 4.28. The Morgan fingerprint density at radius 3 is 2.40 bits per heavy atom. The minimum absolute atomic E-state index is 1.52. The van der Waals surface area contributed by atoms with Crippen molar-refractivity contribution < 1.29 is 0 Å². The third-order valence-electron chi connectivity index (χ3n) is 0.215. The second kappa shape index (κ2) is 4.15. The van der Waals surface area contributed by atoms with Crippen LogP contribution in [0.15, 0.2) is 11.4 Å². The van der Waals surface area contributed by atoms with Crippen LogP contribution in [0.4, 0.5) is 0 Å². The van der Waals surface area contributed by atoms with Gasteiger partial charge in [0, 0.05) is 0 Å². The summed E-state index contributed by atoms with van der Waals surface area (Å²) in [5, 5.41) is 1.82. The van der Waals surface area contributed by atoms with Crippen molar-refractivity contribution in [1.82, 2.24) is 0 Å². The van der Waals surface area contributed by atoms with E-state index in [0.717, 1.165) is 0 Å². The summed E-state index contributed by atoms with van der Waals surface area (Å²) in [5.41, 5.74) is 0. The predicted molar refractivity (Wildman–Crippen MR) is 28.4 cm³/mol. The summed E-state index contributed by atoms with van der Waals surface area (Å²) in [4.78, 5) is 0. The molecule has 0 bridgehead atoms. The number of hydrogen-bond acceptors (Lipinski definition) is 1. The van der Waals surface area contributed by atoms with E-state index in [0.29, 0.717) is 0 Å². The molecule has 0 amide bonds. The molecule has 2 radical (unpaired) electrons. The molecule has 0 unspecified atom stereocenters. The molecule has 0 N–H and O–H groups in total. The molecule has 0 aliphatic rings. The van der Waals surface area contributed by atoms with E-state index in [4.69, 9.17) is 7.85 Å². The molecule has 26 valence electrons. The third-order valence-corrected chi connectivity index (χ3v) is 0.644. The van der Waals surface area contributed by atoms with Crippen molar-refractivity contribution in [1.29, 1.82) is 0 Å². The van der Waals surface area contributed by atoms with Crippen LogP contribution in [0, 0.1) is 0 Å². The smallest absolute Gasteiger partial charge is 0.103 e. The van der Waals surface area contributed by atoms with Gasteiger partial charge in [-0.3, -0.25) is 0 Å². The van der Waals surface area contributed by atoms with Crippen LogP contribution in [0.2, 0.25) is 0 Å². The van der Waals surface area contributed by atoms with Crippen molar-refractivity contribution in [2.45, 2.75) is 0 Å². The fourth-order valence-corrected chi connectivity index (χ4v) is 0.236. The molecule has 0 saturated carbocycles. The van der Waals surface area contributed by atoms with Crippen molar-refractivity contribution in [3.05, 3.63) is 11.4 Å². The van der Waals surface area contributed by atoms with E-state index in [1.165, 1.54) is 5.98 Å². The van der Waals surface area contributed by atoms with Crippen LogP contribution in [0.25, 0.3) is 0 Å². The zero-order chi connectivity index (χ0) is 4.12. The van der Waals surface area contributed by atoms with E-state index in [-0.39, 0.29) is 0 Å². The lowest BCUT2D eigenvalue weighted by Gasteiger charge is -1.66. The predicted octanol–water partition coefficient (Wildman–Crippen LogP) is 0.989. The van der Waals surface area contributed by atoms with E-state index in [1.54, 1.807) is 11.8 Å². The molecule has 0 aromatic carbocycles. The van der Waals surface area contributed by atoms with Gasteiger partial charge in [0.2, 0.25) is 0 Å². The van der Waals surface area contributed by atoms with Crippen LogP contribution >= 0.6 is 11.8 Å². The highest BCUT2D eigenvalue weighted by Gasteiger charge is 1.51. The largest absolute Gasteiger partial charge is 0.139 e. The fourth-order valence-electron chi connectivity index (χ4n) is 0.0786. The molecule has 0 aromatic heterocycles. The lowest BCUT2D eigenvalue weighted by atomic mass is 10.2. The van der Waals surface area contributed by atoms with Gasteiger partial charge in [0.25, 0.3) is 0 Å². The van der Waals surface area contributed by atoms with Gasteiger partial charge in [-0.2, -0.15) is 0 Å². The first kappa shape index (κ1) is 5.15. The summed E-state index contributed by atoms with van der Waals surface area (Å²) in [6.45, 7) is 0. The number of hydrogen-bond donors (Lipinski definition) is 0. The van der Waals surface area contributed by atoms with E-state index >= 15 is 0 Å². The Labute approximate surface area is 38.1 Å². The SMILES string of the molecule is [B]/C=C\SC. The highest BCUT2D eigenvalue weighted by molar-refractivity contribution is 8.01. The topological polar surface area (TPSA) is 0 Å². The molecular formula is C3H5BS. The second-order valence-electron chi connectivity index (χ2n) is 0.564. The molecule has 0 nitrogen and oxygen atoms in total. The average molecular weight is 84.0 g/mol. The van der Waals surface area contributed by atoms with Crippen LogP contribution in [-0.4, -0.2) is 14.1 Å². The maximum atomic E-state index is 4.94. The van der Waals surface area contributed by atoms with Gasteiger partial charge in [-0.25, -0.2) is 0 Å². The maximum Gasteiger partial charge on any atom is 0.103 e. The van der Waals surface area contributed by atoms with E-state index in [2.05, 4.69) is 0 Å². The molecule has 0 aliphatic heterocycles. The molecule has 0 fully saturated rings. The Morgan fingerprint density at radius 1 is 1.80 bits per heavy atom. The standard InChI is InChI=1S/C3H5BS/c1-5-3-2-4/h2-3H,1H3/b3-2-. The lowest BCUT2D eigenvalue weighted by molar-refractivity contribution is 2.42. The molecule has 0 heterocycles. The van der Waals surface area contributed by atoms with Gasteiger partial charge in [0.1, 0.15) is 7.85 Å². The molecule has 0 rings (SSSR count). The Morgan fingerprint density at radius 2 is 2.40 bits per heavy atom. The Hall–Kier alpha value is 0.155. The normalized spacial score (nSPS) is 9.80. The molecule has 0 atom stereocenters. The molecule has 0 spiro atoms. The summed E-state index contributed by atoms with van der Waals surface area (Å²) in [5.74, 6) is 1.52. The Bertz CT molecular complexity index is 33.9. The molecule has 0 aromatic rings. The van der Waals surface area contributed by atoms with Crippen LogP contribution in [0.1, 0.15) is 0 Å². The van der Waals surface area contributed by atoms with Crippen molar-refractivity contribution >= 4 is 19.6 Å². The second-order valence-corrected chi connectivity index (χ2v) is 1.31. The highest BCUT2D eigenvalue weighted by atomic mass is 32.2. The first-order valence-electron chi connectivity index (χ1n) is 1.31. The van der Waals surface area contributed by atoms with Crippen molar-refractivity contribution in [3.63, 3.8) is 0 Å². The van der Waals surface area contributed by atoms with Crippen LogP contribution in [0.5, 0.6) is 0 Å². The molecule has 0 aliphatic carbocycles. The number of thioether (sulfide) groups is 1. The molecule has 0 saturated heterocycles. The molecule has 5 heavy (non-hydrogen) atoms. The fraction of sp³-hybridized carbons (Fsp3) is 0.333. The van der Waals surface area contributed by atoms with E-state index in [9.17, 15) is 0 Å². The Balaban J connectivity index is 2.62. The van der Waals surface area contributed by atoms with Crippen molar-refractivity contribution in [2.75, 3.05) is 6.26 Å². The van der Waals surface area contributed by atoms with Gasteiger partial charge in [-0.1, -0.05) is 0 Å². The molecular weight excluding hydrogens is 78.9 g/mol. The first-order chi connectivity index (χ1) is 2.41. The maximum absolute atomic E-state index is 4.94. The van der Waals surface area contributed by atoms with Gasteiger partial charge in [0.15, 0.2) is 0 Å². The van der Waals surface area contributed by atoms with Gasteiger partial charge in [-0.15, -0.1) is 17.7 Å². The summed E-state index contributed by atoms with van der Waals surface area (Å²) in [6.07, 6.45) is 1.96. The molecule has 2 heteroatoms. The zero-order valence-corrected chi connectivity index (χ0v) is 3.96. The third kappa shape index (κ3) is 4.15. The summed E-state index contributed by atoms with van der Waals surface area (Å²) >= 11 is 1.60. The number of rotatable bonds is 1. The minimum Gasteiger partial charge on any atom is -0.139 e. The van der Waals surface area contributed by atoms with Gasteiger partial charge in [0.05, 0.1) is 0 Å². The zero-order valence-electron chi connectivity index (χ0n) is 3.14. The van der Waals surface area contributed by atoms with Crippen molar-refractivity contribution in [3.8, 4) is 0 Å². The van der Waals surface area contributed by atoms with Crippen LogP contribution in [-0.2, 0) is 0 Å². The summed E-state index contributed by atoms with van der Waals surface area (Å²) in [6, 6.07) is 0. The van der Waals surface area contributed by atoms with Crippen molar-refractivity contribution in [2.24, 2.45) is 0 Å². The van der Waals surface area contributed by atoms with Gasteiger partial charge in [-0.05, 0) is 11.7 Å². The lowest BCUT2D eigenvalue weighted by Crippen LogP contribution is -1.43.